The summed E-state index contributed by atoms with van der Waals surface area (Å²) < 4.78 is 4.96. The van der Waals surface area contributed by atoms with Crippen LogP contribution in [0, 0.1) is 0 Å². The Bertz CT molecular complexity index is 2090. The molecule has 0 N–H and O–H groups in total. The summed E-state index contributed by atoms with van der Waals surface area (Å²) in [6, 6.07) is 48.7. The number of para-hydroxylation sites is 1. The first-order valence-corrected chi connectivity index (χ1v) is 14.2. The normalized spacial score (nSPS) is 11.5. The molecule has 0 bridgehead atoms. The van der Waals surface area contributed by atoms with Crippen molar-refractivity contribution in [3.8, 4) is 39.6 Å². The lowest BCUT2D eigenvalue weighted by Crippen LogP contribution is -1.96. The van der Waals surface area contributed by atoms with Gasteiger partial charge in [0.1, 0.15) is 0 Å². The van der Waals surface area contributed by atoms with Gasteiger partial charge in [0.15, 0.2) is 5.82 Å². The number of nitrogens with zero attached hydrogens (tertiary/aromatic N) is 3. The molecule has 3 aromatic heterocycles. The van der Waals surface area contributed by atoms with Crippen LogP contribution in [0.1, 0.15) is 0 Å². The van der Waals surface area contributed by atoms with Crippen LogP contribution in [0.2, 0.25) is 0 Å². The number of aromatic nitrogens is 3. The highest BCUT2D eigenvalue weighted by Crippen LogP contribution is 2.43. The molecule has 0 aliphatic heterocycles. The van der Waals surface area contributed by atoms with Crippen molar-refractivity contribution in [2.45, 2.75) is 0 Å². The van der Waals surface area contributed by atoms with E-state index in [4.69, 9.17) is 9.97 Å². The number of fused-ring (bicyclic) bond motifs is 5. The van der Waals surface area contributed by atoms with Crippen LogP contribution in [-0.2, 0) is 0 Å². The topological polar surface area (TPSA) is 30.7 Å². The number of hydrogen-bond acceptors (Lipinski definition) is 3. The Balaban J connectivity index is 1.40. The van der Waals surface area contributed by atoms with E-state index in [1.807, 2.05) is 23.5 Å². The second-order valence-corrected chi connectivity index (χ2v) is 10.9. The Morgan fingerprint density at radius 2 is 1.10 bits per heavy atom. The van der Waals surface area contributed by atoms with Crippen LogP contribution in [-0.4, -0.2) is 14.5 Å². The second-order valence-electron chi connectivity index (χ2n) is 9.87. The fourth-order valence-electron chi connectivity index (χ4n) is 5.54. The van der Waals surface area contributed by atoms with Crippen LogP contribution in [0.5, 0.6) is 0 Å². The van der Waals surface area contributed by atoms with Gasteiger partial charge in [-0.1, -0.05) is 97.1 Å². The smallest absolute Gasteiger partial charge is 0.160 e. The Morgan fingerprint density at radius 1 is 0.500 bits per heavy atom. The first kappa shape index (κ1) is 22.9. The van der Waals surface area contributed by atoms with E-state index < -0.39 is 0 Å². The third-order valence-corrected chi connectivity index (χ3v) is 8.61. The van der Waals surface area contributed by atoms with Crippen LogP contribution in [0.25, 0.3) is 70.8 Å². The summed E-state index contributed by atoms with van der Waals surface area (Å²) >= 11 is 1.85. The lowest BCUT2D eigenvalue weighted by molar-refractivity contribution is 1.18. The van der Waals surface area contributed by atoms with Gasteiger partial charge in [0.05, 0.1) is 27.1 Å². The van der Waals surface area contributed by atoms with Gasteiger partial charge in [-0.3, -0.25) is 0 Å². The van der Waals surface area contributed by atoms with Crippen molar-refractivity contribution in [2.75, 3.05) is 0 Å². The quantitative estimate of drug-likeness (QED) is 0.227. The van der Waals surface area contributed by atoms with E-state index in [-0.39, 0.29) is 0 Å². The molecule has 0 aliphatic carbocycles. The standard InChI is InChI=1S/C36H23N3S/c1-4-12-24(13-5-1)30-23-31(25-14-6-2-7-15-25)38-36(37-30)26-20-21-32-29(22-26)35-34(28-18-10-11-19-33(28)40-35)39(32)27-16-8-3-9-17-27/h1-23H. The highest BCUT2D eigenvalue weighted by atomic mass is 32.1. The van der Waals surface area contributed by atoms with Gasteiger partial charge in [-0.05, 0) is 42.5 Å². The Kier molecular flexibility index (Phi) is 5.32. The Morgan fingerprint density at radius 3 is 1.77 bits per heavy atom. The maximum Gasteiger partial charge on any atom is 0.160 e. The molecule has 3 heterocycles. The zero-order chi connectivity index (χ0) is 26.5. The van der Waals surface area contributed by atoms with E-state index >= 15 is 0 Å². The average Bonchev–Trinajstić information content (AvgIpc) is 3.56. The Labute approximate surface area is 235 Å². The van der Waals surface area contributed by atoms with Crippen molar-refractivity contribution >= 4 is 42.5 Å². The molecule has 0 unspecified atom stereocenters. The molecule has 0 aliphatic rings. The highest BCUT2D eigenvalue weighted by molar-refractivity contribution is 7.26. The highest BCUT2D eigenvalue weighted by Gasteiger charge is 2.19. The minimum atomic E-state index is 0.726. The molecule has 0 amide bonds. The van der Waals surface area contributed by atoms with E-state index in [2.05, 4.69) is 132 Å². The van der Waals surface area contributed by atoms with Gasteiger partial charge in [0, 0.05) is 37.9 Å². The largest absolute Gasteiger partial charge is 0.308 e. The van der Waals surface area contributed by atoms with Crippen molar-refractivity contribution in [3.63, 3.8) is 0 Å². The number of hydrogen-bond donors (Lipinski definition) is 0. The fourth-order valence-corrected chi connectivity index (χ4v) is 6.76. The molecule has 0 atom stereocenters. The van der Waals surface area contributed by atoms with Gasteiger partial charge in [-0.2, -0.15) is 0 Å². The SMILES string of the molecule is c1ccc(-c2cc(-c3ccccc3)nc(-c3ccc4c(c3)c3sc5ccccc5c3n4-c3ccccc3)n2)cc1. The van der Waals surface area contributed by atoms with Gasteiger partial charge in [-0.25, -0.2) is 9.97 Å². The maximum atomic E-state index is 5.08. The molecule has 188 valence electrons. The lowest BCUT2D eigenvalue weighted by Gasteiger charge is -2.10. The van der Waals surface area contributed by atoms with E-state index in [1.54, 1.807) is 0 Å². The van der Waals surface area contributed by atoms with E-state index in [0.29, 0.717) is 0 Å². The number of rotatable bonds is 4. The molecule has 0 saturated carbocycles. The summed E-state index contributed by atoms with van der Waals surface area (Å²) in [6.07, 6.45) is 0. The van der Waals surface area contributed by atoms with Gasteiger partial charge in [0.25, 0.3) is 0 Å². The average molecular weight is 530 g/mol. The Hall–Kier alpha value is -5.06. The van der Waals surface area contributed by atoms with E-state index in [0.717, 1.165) is 39.6 Å². The molecular formula is C36H23N3S. The van der Waals surface area contributed by atoms with E-state index in [1.165, 1.54) is 31.2 Å². The van der Waals surface area contributed by atoms with Gasteiger partial charge < -0.3 is 4.57 Å². The molecule has 0 radical (unpaired) electrons. The predicted octanol–water partition coefficient (Wildman–Crippen LogP) is 9.79. The molecule has 0 fully saturated rings. The summed E-state index contributed by atoms with van der Waals surface area (Å²) in [5, 5.41) is 2.49. The van der Waals surface area contributed by atoms with Crippen LogP contribution in [0.15, 0.2) is 140 Å². The number of thiophene rings is 1. The number of benzene rings is 5. The molecule has 5 aromatic carbocycles. The van der Waals surface area contributed by atoms with Crippen LogP contribution >= 0.6 is 11.3 Å². The zero-order valence-electron chi connectivity index (χ0n) is 21.5. The fraction of sp³-hybridized carbons (Fsp3) is 0. The van der Waals surface area contributed by atoms with Gasteiger partial charge in [-0.15, -0.1) is 11.3 Å². The minimum absolute atomic E-state index is 0.726. The molecule has 3 nitrogen and oxygen atoms in total. The molecule has 0 saturated heterocycles. The zero-order valence-corrected chi connectivity index (χ0v) is 22.3. The molecule has 8 aromatic rings. The molecular weight excluding hydrogens is 506 g/mol. The first-order valence-electron chi connectivity index (χ1n) is 13.3. The summed E-state index contributed by atoms with van der Waals surface area (Å²) in [5.74, 6) is 0.726. The van der Waals surface area contributed by atoms with Gasteiger partial charge in [0.2, 0.25) is 0 Å². The lowest BCUT2D eigenvalue weighted by atomic mass is 10.1. The van der Waals surface area contributed by atoms with Crippen molar-refractivity contribution in [1.29, 1.82) is 0 Å². The van der Waals surface area contributed by atoms with Crippen molar-refractivity contribution in [1.82, 2.24) is 14.5 Å². The van der Waals surface area contributed by atoms with Crippen molar-refractivity contribution in [2.24, 2.45) is 0 Å². The summed E-state index contributed by atoms with van der Waals surface area (Å²) in [6.45, 7) is 0. The van der Waals surface area contributed by atoms with Crippen LogP contribution in [0.3, 0.4) is 0 Å². The van der Waals surface area contributed by atoms with Gasteiger partial charge >= 0.3 is 0 Å². The molecule has 0 spiro atoms. The predicted molar refractivity (Wildman–Crippen MR) is 168 cm³/mol. The summed E-state index contributed by atoms with van der Waals surface area (Å²) in [5.41, 5.74) is 8.58. The van der Waals surface area contributed by atoms with Crippen LogP contribution < -0.4 is 0 Å². The summed E-state index contributed by atoms with van der Waals surface area (Å²) in [7, 11) is 0. The van der Waals surface area contributed by atoms with Crippen LogP contribution in [0.4, 0.5) is 0 Å². The maximum absolute atomic E-state index is 5.08. The second kappa shape index (κ2) is 9.30. The molecule has 4 heteroatoms. The molecule has 40 heavy (non-hydrogen) atoms. The van der Waals surface area contributed by atoms with Crippen molar-refractivity contribution in [3.05, 3.63) is 140 Å². The monoisotopic (exact) mass is 529 g/mol. The van der Waals surface area contributed by atoms with Crippen molar-refractivity contribution < 1.29 is 0 Å². The third-order valence-electron chi connectivity index (χ3n) is 7.41. The van der Waals surface area contributed by atoms with E-state index in [9.17, 15) is 0 Å². The first-order chi connectivity index (χ1) is 19.8. The molecule has 8 rings (SSSR count). The third kappa shape index (κ3) is 3.73. The summed E-state index contributed by atoms with van der Waals surface area (Å²) in [4.78, 5) is 10.2. The minimum Gasteiger partial charge on any atom is -0.308 e.